The average molecular weight is 378 g/mol. The van der Waals surface area contributed by atoms with Gasteiger partial charge < -0.3 is 19.4 Å². The molecule has 1 aliphatic rings. The van der Waals surface area contributed by atoms with Crippen LogP contribution in [0.3, 0.4) is 0 Å². The van der Waals surface area contributed by atoms with Crippen molar-refractivity contribution in [1.82, 2.24) is 15.3 Å². The van der Waals surface area contributed by atoms with Gasteiger partial charge in [0.25, 0.3) is 11.9 Å². The van der Waals surface area contributed by atoms with Gasteiger partial charge in [-0.1, -0.05) is 18.2 Å². The largest absolute Gasteiger partial charge is 0.426 e. The van der Waals surface area contributed by atoms with E-state index in [-0.39, 0.29) is 11.7 Å². The van der Waals surface area contributed by atoms with Crippen LogP contribution >= 0.6 is 0 Å². The molecular formula is C21H22N4O3. The lowest BCUT2D eigenvalue weighted by molar-refractivity contribution is 0.0912. The van der Waals surface area contributed by atoms with Gasteiger partial charge in [0, 0.05) is 38.1 Å². The predicted octanol–water partition coefficient (Wildman–Crippen LogP) is 3.51. The van der Waals surface area contributed by atoms with E-state index in [1.54, 1.807) is 24.5 Å². The van der Waals surface area contributed by atoms with Crippen molar-refractivity contribution in [3.63, 3.8) is 0 Å². The van der Waals surface area contributed by atoms with Crippen molar-refractivity contribution in [2.75, 3.05) is 24.5 Å². The molecule has 1 amide bonds. The van der Waals surface area contributed by atoms with Crippen LogP contribution in [-0.4, -0.2) is 35.5 Å². The first-order valence-electron chi connectivity index (χ1n) is 9.41. The first-order valence-corrected chi connectivity index (χ1v) is 9.41. The van der Waals surface area contributed by atoms with Gasteiger partial charge in [0.1, 0.15) is 5.75 Å². The first-order chi connectivity index (χ1) is 13.8. The fraction of sp³-hybridized carbons (Fsp3) is 0.286. The Hall–Kier alpha value is -3.35. The van der Waals surface area contributed by atoms with Crippen LogP contribution in [-0.2, 0) is 0 Å². The van der Waals surface area contributed by atoms with Crippen molar-refractivity contribution >= 4 is 11.9 Å². The van der Waals surface area contributed by atoms with Crippen molar-refractivity contribution < 1.29 is 13.9 Å². The highest BCUT2D eigenvalue weighted by atomic mass is 16.6. The van der Waals surface area contributed by atoms with E-state index in [0.29, 0.717) is 24.2 Å². The van der Waals surface area contributed by atoms with Gasteiger partial charge in [0.15, 0.2) is 5.76 Å². The molecule has 0 aliphatic carbocycles. The zero-order valence-corrected chi connectivity index (χ0v) is 15.5. The maximum absolute atomic E-state index is 12.3. The minimum atomic E-state index is -0.225. The number of piperidine rings is 1. The number of rotatable bonds is 6. The maximum Gasteiger partial charge on any atom is 0.290 e. The summed E-state index contributed by atoms with van der Waals surface area (Å²) < 4.78 is 11.1. The summed E-state index contributed by atoms with van der Waals surface area (Å²) in [7, 11) is 0. The Morgan fingerprint density at radius 2 is 1.82 bits per heavy atom. The number of benzene rings is 1. The Kier molecular flexibility index (Phi) is 5.51. The van der Waals surface area contributed by atoms with Crippen LogP contribution in [0, 0.1) is 5.92 Å². The van der Waals surface area contributed by atoms with Crippen LogP contribution in [0.5, 0.6) is 11.7 Å². The molecule has 1 saturated heterocycles. The molecule has 7 heteroatoms. The molecule has 1 N–H and O–H groups in total. The highest BCUT2D eigenvalue weighted by molar-refractivity contribution is 5.91. The van der Waals surface area contributed by atoms with E-state index in [1.165, 1.54) is 0 Å². The van der Waals surface area contributed by atoms with Crippen molar-refractivity contribution in [2.24, 2.45) is 5.92 Å². The summed E-state index contributed by atoms with van der Waals surface area (Å²) in [6.07, 6.45) is 5.49. The molecule has 0 radical (unpaired) electrons. The van der Waals surface area contributed by atoms with Crippen molar-refractivity contribution in [3.05, 3.63) is 66.7 Å². The van der Waals surface area contributed by atoms with Crippen molar-refractivity contribution in [3.8, 4) is 11.7 Å². The highest BCUT2D eigenvalue weighted by Gasteiger charge is 2.22. The minimum absolute atomic E-state index is 0.225. The van der Waals surface area contributed by atoms with Gasteiger partial charge >= 0.3 is 0 Å². The summed E-state index contributed by atoms with van der Waals surface area (Å²) in [4.78, 5) is 23.1. The molecule has 0 atom stereocenters. The number of nitrogens with one attached hydrogen (secondary N) is 1. The second-order valence-electron chi connectivity index (χ2n) is 6.72. The predicted molar refractivity (Wildman–Crippen MR) is 105 cm³/mol. The number of furan rings is 1. The second-order valence-corrected chi connectivity index (χ2v) is 6.72. The standard InChI is InChI=1S/C21H22N4O3/c26-20(18-7-8-19(28-18)27-17-5-2-1-3-6-17)24-15-16-9-13-25(14-10-16)21-22-11-4-12-23-21/h1-8,11-12,16H,9-10,13-15H2,(H,24,26). The quantitative estimate of drug-likeness (QED) is 0.707. The van der Waals surface area contributed by atoms with Crippen molar-refractivity contribution in [1.29, 1.82) is 0 Å². The maximum atomic E-state index is 12.3. The number of anilines is 1. The summed E-state index contributed by atoms with van der Waals surface area (Å²) in [6.45, 7) is 2.40. The molecule has 7 nitrogen and oxygen atoms in total. The third-order valence-electron chi connectivity index (χ3n) is 4.77. The number of hydrogen-bond acceptors (Lipinski definition) is 6. The van der Waals surface area contributed by atoms with Crippen LogP contribution in [0.4, 0.5) is 5.95 Å². The zero-order chi connectivity index (χ0) is 19.2. The van der Waals surface area contributed by atoms with E-state index in [2.05, 4.69) is 20.2 Å². The fourth-order valence-corrected chi connectivity index (χ4v) is 3.22. The van der Waals surface area contributed by atoms with E-state index >= 15 is 0 Å². The Labute approximate surface area is 163 Å². The number of carbonyl (C=O) groups is 1. The molecule has 0 unspecified atom stereocenters. The van der Waals surface area contributed by atoms with Crippen LogP contribution in [0.1, 0.15) is 23.4 Å². The van der Waals surface area contributed by atoms with Crippen LogP contribution < -0.4 is 15.0 Å². The highest BCUT2D eigenvalue weighted by Crippen LogP contribution is 2.24. The summed E-state index contributed by atoms with van der Waals surface area (Å²) in [6, 6.07) is 14.4. The molecule has 3 heterocycles. The normalized spacial score (nSPS) is 14.6. The van der Waals surface area contributed by atoms with Crippen LogP contribution in [0.15, 0.2) is 65.3 Å². The van der Waals surface area contributed by atoms with Gasteiger partial charge in [-0.25, -0.2) is 9.97 Å². The van der Waals surface area contributed by atoms with Gasteiger partial charge in [-0.3, -0.25) is 4.79 Å². The summed E-state index contributed by atoms with van der Waals surface area (Å²) >= 11 is 0. The monoisotopic (exact) mass is 378 g/mol. The Morgan fingerprint density at radius 3 is 2.57 bits per heavy atom. The zero-order valence-electron chi connectivity index (χ0n) is 15.5. The van der Waals surface area contributed by atoms with Gasteiger partial charge in [0.05, 0.1) is 0 Å². The van der Waals surface area contributed by atoms with E-state index in [0.717, 1.165) is 31.9 Å². The molecule has 144 valence electrons. The number of amides is 1. The van der Waals surface area contributed by atoms with Gasteiger partial charge in [-0.15, -0.1) is 0 Å². The molecule has 1 fully saturated rings. The number of aromatic nitrogens is 2. The minimum Gasteiger partial charge on any atom is -0.426 e. The molecule has 1 aromatic carbocycles. The lowest BCUT2D eigenvalue weighted by Crippen LogP contribution is -2.39. The molecule has 0 spiro atoms. The third-order valence-corrected chi connectivity index (χ3v) is 4.77. The lowest BCUT2D eigenvalue weighted by atomic mass is 9.97. The molecule has 4 rings (SSSR count). The first kappa shape index (κ1) is 18.0. The topological polar surface area (TPSA) is 80.5 Å². The Bertz CT molecular complexity index is 890. The summed E-state index contributed by atoms with van der Waals surface area (Å²) in [5.41, 5.74) is 0. The van der Waals surface area contributed by atoms with E-state index < -0.39 is 0 Å². The van der Waals surface area contributed by atoms with Gasteiger partial charge in [-0.05, 0) is 43.0 Å². The molecule has 1 aliphatic heterocycles. The summed E-state index contributed by atoms with van der Waals surface area (Å²) in [5.74, 6) is 2.19. The third kappa shape index (κ3) is 4.49. The number of para-hydroxylation sites is 1. The number of hydrogen-bond donors (Lipinski definition) is 1. The van der Waals surface area contributed by atoms with E-state index in [9.17, 15) is 4.79 Å². The van der Waals surface area contributed by atoms with E-state index in [1.807, 2.05) is 36.4 Å². The molecular weight excluding hydrogens is 356 g/mol. The lowest BCUT2D eigenvalue weighted by Gasteiger charge is -2.31. The molecule has 28 heavy (non-hydrogen) atoms. The molecule has 0 bridgehead atoms. The Balaban J connectivity index is 1.24. The molecule has 2 aromatic heterocycles. The average Bonchev–Trinajstić information content (AvgIpc) is 3.22. The number of ether oxygens (including phenoxy) is 1. The van der Waals surface area contributed by atoms with Gasteiger partial charge in [0.2, 0.25) is 5.95 Å². The Morgan fingerprint density at radius 1 is 1.07 bits per heavy atom. The summed E-state index contributed by atoms with van der Waals surface area (Å²) in [5, 5.41) is 2.96. The molecule has 3 aromatic rings. The van der Waals surface area contributed by atoms with E-state index in [4.69, 9.17) is 9.15 Å². The SMILES string of the molecule is O=C(NCC1CCN(c2ncccn2)CC1)c1ccc(Oc2ccccc2)o1. The second kappa shape index (κ2) is 8.56. The van der Waals surface area contributed by atoms with Crippen LogP contribution in [0.25, 0.3) is 0 Å². The number of nitrogens with zero attached hydrogens (tertiary/aromatic N) is 3. The molecule has 0 saturated carbocycles. The number of carbonyl (C=O) groups excluding carboxylic acids is 1. The van der Waals surface area contributed by atoms with Gasteiger partial charge in [-0.2, -0.15) is 0 Å². The smallest absolute Gasteiger partial charge is 0.290 e. The fourth-order valence-electron chi connectivity index (χ4n) is 3.22. The van der Waals surface area contributed by atoms with Crippen LogP contribution in [0.2, 0.25) is 0 Å². The van der Waals surface area contributed by atoms with Crippen molar-refractivity contribution in [2.45, 2.75) is 12.8 Å².